The molecular formula is C15H23FN2O2. The molecule has 0 saturated heterocycles. The van der Waals surface area contributed by atoms with Gasteiger partial charge in [-0.25, -0.2) is 9.18 Å². The molecular weight excluding hydrogens is 259 g/mol. The zero-order valence-corrected chi connectivity index (χ0v) is 12.5. The van der Waals surface area contributed by atoms with Crippen molar-refractivity contribution in [2.45, 2.75) is 45.3 Å². The fraction of sp³-hybridized carbons (Fsp3) is 0.533. The maximum absolute atomic E-state index is 13.7. The molecule has 1 aromatic carbocycles. The van der Waals surface area contributed by atoms with E-state index in [1.807, 2.05) is 0 Å². The first kappa shape index (κ1) is 16.4. The minimum absolute atomic E-state index is 0.181. The minimum Gasteiger partial charge on any atom is -0.444 e. The summed E-state index contributed by atoms with van der Waals surface area (Å²) in [6.07, 6.45) is -0.253. The number of hydrogen-bond donors (Lipinski definition) is 2. The second-order valence-corrected chi connectivity index (χ2v) is 6.16. The van der Waals surface area contributed by atoms with Gasteiger partial charge in [-0.05, 0) is 45.7 Å². The Hall–Kier alpha value is -1.62. The Labute approximate surface area is 119 Å². The standard InChI is InChI=1S/C15H23FN2O2/c1-14(2,3)20-13(19)18-15(4,10-17)9-11-7-5-6-8-12(11)16/h5-8H,9-10,17H2,1-4H3,(H,18,19). The summed E-state index contributed by atoms with van der Waals surface area (Å²) >= 11 is 0. The van der Waals surface area contributed by atoms with E-state index in [-0.39, 0.29) is 12.4 Å². The van der Waals surface area contributed by atoms with E-state index >= 15 is 0 Å². The summed E-state index contributed by atoms with van der Waals surface area (Å²) in [4.78, 5) is 11.8. The topological polar surface area (TPSA) is 64.3 Å². The van der Waals surface area contributed by atoms with Gasteiger partial charge >= 0.3 is 6.09 Å². The number of benzene rings is 1. The molecule has 1 rings (SSSR count). The molecule has 0 aromatic heterocycles. The Kier molecular flexibility index (Phi) is 5.11. The molecule has 5 heteroatoms. The number of amides is 1. The van der Waals surface area contributed by atoms with E-state index in [4.69, 9.17) is 10.5 Å². The molecule has 0 heterocycles. The molecule has 0 spiro atoms. The van der Waals surface area contributed by atoms with E-state index in [1.165, 1.54) is 6.07 Å². The third kappa shape index (κ3) is 5.17. The highest BCUT2D eigenvalue weighted by molar-refractivity contribution is 5.68. The van der Waals surface area contributed by atoms with E-state index in [9.17, 15) is 9.18 Å². The molecule has 0 saturated carbocycles. The summed E-state index contributed by atoms with van der Waals surface area (Å²) in [5.41, 5.74) is 4.89. The number of alkyl carbamates (subject to hydrolysis) is 1. The van der Waals surface area contributed by atoms with Gasteiger partial charge in [-0.1, -0.05) is 18.2 Å². The Morgan fingerprint density at radius 1 is 1.30 bits per heavy atom. The molecule has 20 heavy (non-hydrogen) atoms. The second kappa shape index (κ2) is 6.22. The van der Waals surface area contributed by atoms with Crippen molar-refractivity contribution in [2.75, 3.05) is 6.54 Å². The SMILES string of the molecule is CC(CN)(Cc1ccccc1F)NC(=O)OC(C)(C)C. The first-order valence-corrected chi connectivity index (χ1v) is 6.60. The van der Waals surface area contributed by atoms with Crippen LogP contribution < -0.4 is 11.1 Å². The van der Waals surface area contributed by atoms with Crippen LogP contribution in [0.1, 0.15) is 33.3 Å². The van der Waals surface area contributed by atoms with E-state index < -0.39 is 17.2 Å². The van der Waals surface area contributed by atoms with Gasteiger partial charge < -0.3 is 15.8 Å². The predicted molar refractivity (Wildman–Crippen MR) is 76.9 cm³/mol. The number of ether oxygens (including phenoxy) is 1. The fourth-order valence-corrected chi connectivity index (χ4v) is 1.78. The van der Waals surface area contributed by atoms with E-state index in [0.29, 0.717) is 12.0 Å². The third-order valence-electron chi connectivity index (χ3n) is 2.79. The number of rotatable bonds is 4. The van der Waals surface area contributed by atoms with Gasteiger partial charge in [0.15, 0.2) is 0 Å². The van der Waals surface area contributed by atoms with Crippen molar-refractivity contribution in [3.05, 3.63) is 35.6 Å². The molecule has 3 N–H and O–H groups in total. The highest BCUT2D eigenvalue weighted by Crippen LogP contribution is 2.16. The maximum atomic E-state index is 13.7. The van der Waals surface area contributed by atoms with Crippen molar-refractivity contribution in [2.24, 2.45) is 5.73 Å². The zero-order valence-electron chi connectivity index (χ0n) is 12.5. The first-order chi connectivity index (χ1) is 9.15. The van der Waals surface area contributed by atoms with Gasteiger partial charge in [-0.3, -0.25) is 0 Å². The number of carbonyl (C=O) groups is 1. The molecule has 0 fully saturated rings. The van der Waals surface area contributed by atoms with Crippen LogP contribution in [0, 0.1) is 5.82 Å². The van der Waals surface area contributed by atoms with Gasteiger partial charge in [0, 0.05) is 6.54 Å². The summed E-state index contributed by atoms with van der Waals surface area (Å²) in [6.45, 7) is 7.29. The lowest BCUT2D eigenvalue weighted by molar-refractivity contribution is 0.0466. The molecule has 0 aliphatic heterocycles. The molecule has 1 aromatic rings. The summed E-state index contributed by atoms with van der Waals surface area (Å²) in [7, 11) is 0. The van der Waals surface area contributed by atoms with Crippen molar-refractivity contribution in [3.8, 4) is 0 Å². The van der Waals surface area contributed by atoms with Gasteiger partial charge in [0.2, 0.25) is 0 Å². The number of nitrogens with two attached hydrogens (primary N) is 1. The van der Waals surface area contributed by atoms with Gasteiger partial charge in [-0.2, -0.15) is 0 Å². The molecule has 0 aliphatic carbocycles. The van der Waals surface area contributed by atoms with Crippen molar-refractivity contribution in [3.63, 3.8) is 0 Å². The fourth-order valence-electron chi connectivity index (χ4n) is 1.78. The average molecular weight is 282 g/mol. The summed E-state index contributed by atoms with van der Waals surface area (Å²) < 4.78 is 18.9. The Bertz CT molecular complexity index is 471. The summed E-state index contributed by atoms with van der Waals surface area (Å²) in [5, 5.41) is 2.72. The lowest BCUT2D eigenvalue weighted by Gasteiger charge is -2.31. The van der Waals surface area contributed by atoms with Crippen LogP contribution in [-0.2, 0) is 11.2 Å². The smallest absolute Gasteiger partial charge is 0.408 e. The quantitative estimate of drug-likeness (QED) is 0.892. The lowest BCUT2D eigenvalue weighted by Crippen LogP contribution is -2.54. The van der Waals surface area contributed by atoms with Gasteiger partial charge in [0.25, 0.3) is 0 Å². The van der Waals surface area contributed by atoms with E-state index in [0.717, 1.165) is 0 Å². The van der Waals surface area contributed by atoms with Crippen molar-refractivity contribution in [1.82, 2.24) is 5.32 Å². The van der Waals surface area contributed by atoms with Crippen molar-refractivity contribution in [1.29, 1.82) is 0 Å². The zero-order chi connectivity index (χ0) is 15.4. The highest BCUT2D eigenvalue weighted by Gasteiger charge is 2.28. The normalized spacial score (nSPS) is 14.5. The van der Waals surface area contributed by atoms with Crippen LogP contribution >= 0.6 is 0 Å². The molecule has 1 unspecified atom stereocenters. The molecule has 0 radical (unpaired) electrons. The van der Waals surface area contributed by atoms with Crippen molar-refractivity contribution >= 4 is 6.09 Å². The second-order valence-electron chi connectivity index (χ2n) is 6.16. The predicted octanol–water partition coefficient (Wildman–Crippen LogP) is 2.61. The Morgan fingerprint density at radius 2 is 1.90 bits per heavy atom. The number of nitrogens with one attached hydrogen (secondary N) is 1. The molecule has 0 bridgehead atoms. The third-order valence-corrected chi connectivity index (χ3v) is 2.79. The number of carbonyl (C=O) groups excluding carboxylic acids is 1. The van der Waals surface area contributed by atoms with Crippen LogP contribution in [0.5, 0.6) is 0 Å². The molecule has 1 atom stereocenters. The van der Waals surface area contributed by atoms with Crippen LogP contribution in [0.2, 0.25) is 0 Å². The first-order valence-electron chi connectivity index (χ1n) is 6.60. The average Bonchev–Trinajstić information content (AvgIpc) is 2.29. The largest absolute Gasteiger partial charge is 0.444 e. The Balaban J connectivity index is 2.77. The van der Waals surface area contributed by atoms with Gasteiger partial charge in [0.1, 0.15) is 11.4 Å². The molecule has 112 valence electrons. The van der Waals surface area contributed by atoms with Crippen molar-refractivity contribution < 1.29 is 13.9 Å². The monoisotopic (exact) mass is 282 g/mol. The van der Waals surface area contributed by atoms with E-state index in [1.54, 1.807) is 45.9 Å². The minimum atomic E-state index is -0.759. The number of hydrogen-bond acceptors (Lipinski definition) is 3. The summed E-state index contributed by atoms with van der Waals surface area (Å²) in [5.74, 6) is -0.307. The lowest BCUT2D eigenvalue weighted by atomic mass is 9.93. The molecule has 1 amide bonds. The van der Waals surface area contributed by atoms with Gasteiger partial charge in [0.05, 0.1) is 5.54 Å². The van der Waals surface area contributed by atoms with Gasteiger partial charge in [-0.15, -0.1) is 0 Å². The number of halogens is 1. The molecule has 0 aliphatic rings. The highest BCUT2D eigenvalue weighted by atomic mass is 19.1. The Morgan fingerprint density at radius 3 is 2.40 bits per heavy atom. The van der Waals surface area contributed by atoms with Crippen LogP contribution in [0.4, 0.5) is 9.18 Å². The maximum Gasteiger partial charge on any atom is 0.408 e. The van der Waals surface area contributed by atoms with Crippen LogP contribution in [0.25, 0.3) is 0 Å². The van der Waals surface area contributed by atoms with Crippen LogP contribution in [0.3, 0.4) is 0 Å². The molecule has 4 nitrogen and oxygen atoms in total. The van der Waals surface area contributed by atoms with E-state index in [2.05, 4.69) is 5.32 Å². The van der Waals surface area contributed by atoms with Crippen LogP contribution in [-0.4, -0.2) is 23.8 Å². The summed E-state index contributed by atoms with van der Waals surface area (Å²) in [6, 6.07) is 6.45. The van der Waals surface area contributed by atoms with Crippen LogP contribution in [0.15, 0.2) is 24.3 Å².